The standard InChI is InChI=1S/C13H14F3N3OS/c1-19(2)13-18-12(20-3)10(21-13)6-17-7-4-8(14)11(16)9(15)5-7/h4-5,17H,6H2,1-3H3. The molecule has 0 atom stereocenters. The van der Waals surface area contributed by atoms with E-state index in [1.54, 1.807) is 0 Å². The first kappa shape index (κ1) is 15.4. The molecule has 21 heavy (non-hydrogen) atoms. The van der Waals surface area contributed by atoms with Gasteiger partial charge in [-0.05, 0) is 0 Å². The van der Waals surface area contributed by atoms with E-state index in [2.05, 4.69) is 10.3 Å². The number of hydrogen-bond donors (Lipinski definition) is 1. The molecule has 0 amide bonds. The number of anilines is 2. The molecular formula is C13H14F3N3OS. The Labute approximate surface area is 124 Å². The van der Waals surface area contributed by atoms with Crippen molar-refractivity contribution in [1.82, 2.24) is 4.98 Å². The average Bonchev–Trinajstić information content (AvgIpc) is 2.85. The molecule has 0 spiro atoms. The van der Waals surface area contributed by atoms with Crippen LogP contribution in [0.2, 0.25) is 0 Å². The van der Waals surface area contributed by atoms with Crippen LogP contribution >= 0.6 is 11.3 Å². The van der Waals surface area contributed by atoms with Crippen molar-refractivity contribution in [2.75, 3.05) is 31.4 Å². The maximum absolute atomic E-state index is 13.1. The maximum Gasteiger partial charge on any atom is 0.231 e. The third-order valence-electron chi connectivity index (χ3n) is 2.66. The summed E-state index contributed by atoms with van der Waals surface area (Å²) >= 11 is 1.39. The Morgan fingerprint density at radius 1 is 1.24 bits per heavy atom. The highest BCUT2D eigenvalue weighted by atomic mass is 32.1. The van der Waals surface area contributed by atoms with Gasteiger partial charge in [-0.2, -0.15) is 4.98 Å². The zero-order chi connectivity index (χ0) is 15.6. The molecule has 2 aromatic rings. The summed E-state index contributed by atoms with van der Waals surface area (Å²) in [6.07, 6.45) is 0. The van der Waals surface area contributed by atoms with E-state index < -0.39 is 17.5 Å². The lowest BCUT2D eigenvalue weighted by Gasteiger charge is -2.07. The predicted octanol–water partition coefficient (Wildman–Crippen LogP) is 3.25. The van der Waals surface area contributed by atoms with Crippen molar-refractivity contribution < 1.29 is 17.9 Å². The number of aromatic nitrogens is 1. The fraction of sp³-hybridized carbons (Fsp3) is 0.308. The summed E-state index contributed by atoms with van der Waals surface area (Å²) in [4.78, 5) is 6.86. The first-order valence-corrected chi connectivity index (χ1v) is 6.83. The van der Waals surface area contributed by atoms with Crippen molar-refractivity contribution >= 4 is 22.2 Å². The lowest BCUT2D eigenvalue weighted by molar-refractivity contribution is 0.397. The highest BCUT2D eigenvalue weighted by Gasteiger charge is 2.14. The Morgan fingerprint density at radius 2 is 1.86 bits per heavy atom. The van der Waals surface area contributed by atoms with Crippen molar-refractivity contribution in [1.29, 1.82) is 0 Å². The van der Waals surface area contributed by atoms with E-state index in [9.17, 15) is 13.2 Å². The van der Waals surface area contributed by atoms with Gasteiger partial charge in [0.15, 0.2) is 22.6 Å². The number of nitrogens with zero attached hydrogens (tertiary/aromatic N) is 2. The minimum atomic E-state index is -1.48. The van der Waals surface area contributed by atoms with Gasteiger partial charge in [0.1, 0.15) is 0 Å². The molecule has 1 aromatic heterocycles. The number of nitrogens with one attached hydrogen (secondary N) is 1. The Kier molecular flexibility index (Phi) is 4.56. The molecule has 1 heterocycles. The zero-order valence-corrected chi connectivity index (χ0v) is 12.5. The van der Waals surface area contributed by atoms with Gasteiger partial charge in [-0.1, -0.05) is 11.3 Å². The molecule has 0 aliphatic rings. The molecule has 114 valence electrons. The van der Waals surface area contributed by atoms with Crippen LogP contribution in [0, 0.1) is 17.5 Å². The average molecular weight is 317 g/mol. The fourth-order valence-corrected chi connectivity index (χ4v) is 2.52. The van der Waals surface area contributed by atoms with Crippen molar-refractivity contribution in [3.63, 3.8) is 0 Å². The monoisotopic (exact) mass is 317 g/mol. The molecule has 0 saturated heterocycles. The lowest BCUT2D eigenvalue weighted by Crippen LogP contribution is -2.07. The van der Waals surface area contributed by atoms with Gasteiger partial charge in [-0.15, -0.1) is 0 Å². The van der Waals surface area contributed by atoms with E-state index in [-0.39, 0.29) is 12.2 Å². The molecule has 0 fully saturated rings. The normalized spacial score (nSPS) is 10.6. The minimum Gasteiger partial charge on any atom is -0.480 e. The van der Waals surface area contributed by atoms with Crippen LogP contribution in [0.3, 0.4) is 0 Å². The van der Waals surface area contributed by atoms with Gasteiger partial charge in [0.2, 0.25) is 5.88 Å². The van der Waals surface area contributed by atoms with Gasteiger partial charge in [0.25, 0.3) is 0 Å². The number of methoxy groups -OCH3 is 1. The van der Waals surface area contributed by atoms with Gasteiger partial charge in [0.05, 0.1) is 18.5 Å². The molecule has 1 aromatic carbocycles. The molecule has 0 saturated carbocycles. The van der Waals surface area contributed by atoms with Gasteiger partial charge in [-0.25, -0.2) is 13.2 Å². The molecule has 8 heteroatoms. The van der Waals surface area contributed by atoms with E-state index in [1.807, 2.05) is 19.0 Å². The number of rotatable bonds is 5. The molecule has 0 radical (unpaired) electrons. The second-order valence-corrected chi connectivity index (χ2v) is 5.49. The van der Waals surface area contributed by atoms with Crippen LogP contribution in [0.5, 0.6) is 5.88 Å². The van der Waals surface area contributed by atoms with Crippen LogP contribution in [0.25, 0.3) is 0 Å². The molecular weight excluding hydrogens is 303 g/mol. The summed E-state index contributed by atoms with van der Waals surface area (Å²) in [5.41, 5.74) is 0.147. The van der Waals surface area contributed by atoms with Crippen LogP contribution < -0.4 is 15.0 Å². The fourth-order valence-electron chi connectivity index (χ4n) is 1.63. The smallest absolute Gasteiger partial charge is 0.231 e. The second kappa shape index (κ2) is 6.21. The summed E-state index contributed by atoms with van der Waals surface area (Å²) in [6, 6.07) is 1.80. The summed E-state index contributed by atoms with van der Waals surface area (Å²) in [6.45, 7) is 0.263. The van der Waals surface area contributed by atoms with Crippen molar-refractivity contribution in [3.05, 3.63) is 34.5 Å². The van der Waals surface area contributed by atoms with Crippen molar-refractivity contribution in [2.24, 2.45) is 0 Å². The van der Waals surface area contributed by atoms with Crippen LogP contribution in [0.15, 0.2) is 12.1 Å². The number of benzene rings is 1. The summed E-state index contributed by atoms with van der Waals surface area (Å²) < 4.78 is 44.3. The van der Waals surface area contributed by atoms with Crippen molar-refractivity contribution in [2.45, 2.75) is 6.54 Å². The number of thiazole rings is 1. The highest BCUT2D eigenvalue weighted by Crippen LogP contribution is 2.31. The summed E-state index contributed by atoms with van der Waals surface area (Å²) in [5.74, 6) is -3.50. The van der Waals surface area contributed by atoms with E-state index in [1.165, 1.54) is 18.4 Å². The lowest BCUT2D eigenvalue weighted by atomic mass is 10.3. The Balaban J connectivity index is 2.16. The van der Waals surface area contributed by atoms with Crippen LogP contribution in [-0.4, -0.2) is 26.2 Å². The summed E-state index contributed by atoms with van der Waals surface area (Å²) in [7, 11) is 5.19. The second-order valence-electron chi connectivity index (χ2n) is 4.43. The molecule has 4 nitrogen and oxygen atoms in total. The minimum absolute atomic E-state index is 0.147. The van der Waals surface area contributed by atoms with E-state index in [0.717, 1.165) is 22.1 Å². The topological polar surface area (TPSA) is 37.4 Å². The van der Waals surface area contributed by atoms with Crippen LogP contribution in [0.4, 0.5) is 24.0 Å². The first-order chi connectivity index (χ1) is 9.92. The number of ether oxygens (including phenoxy) is 1. The molecule has 2 rings (SSSR count). The number of hydrogen-bond acceptors (Lipinski definition) is 5. The molecule has 0 aliphatic heterocycles. The van der Waals surface area contributed by atoms with Gasteiger partial charge < -0.3 is 15.0 Å². The number of halogens is 3. The van der Waals surface area contributed by atoms with E-state index >= 15 is 0 Å². The third kappa shape index (κ3) is 3.38. The van der Waals surface area contributed by atoms with Gasteiger partial charge in [-0.3, -0.25) is 0 Å². The SMILES string of the molecule is COc1nc(N(C)C)sc1CNc1cc(F)c(F)c(F)c1. The highest BCUT2D eigenvalue weighted by molar-refractivity contribution is 7.15. The Morgan fingerprint density at radius 3 is 2.38 bits per heavy atom. The van der Waals surface area contributed by atoms with Crippen LogP contribution in [0.1, 0.15) is 4.88 Å². The van der Waals surface area contributed by atoms with Crippen molar-refractivity contribution in [3.8, 4) is 5.88 Å². The maximum atomic E-state index is 13.1. The van der Waals surface area contributed by atoms with Gasteiger partial charge >= 0.3 is 0 Å². The predicted molar refractivity (Wildman–Crippen MR) is 76.6 cm³/mol. The largest absolute Gasteiger partial charge is 0.480 e. The molecule has 0 aliphatic carbocycles. The van der Waals surface area contributed by atoms with E-state index in [4.69, 9.17) is 4.74 Å². The molecule has 0 bridgehead atoms. The summed E-state index contributed by atoms with van der Waals surface area (Å²) in [5, 5.41) is 3.57. The Bertz CT molecular complexity index is 623. The first-order valence-electron chi connectivity index (χ1n) is 6.01. The van der Waals surface area contributed by atoms with E-state index in [0.29, 0.717) is 5.88 Å². The van der Waals surface area contributed by atoms with Gasteiger partial charge in [0, 0.05) is 31.9 Å². The quantitative estimate of drug-likeness (QED) is 0.859. The molecule has 0 unspecified atom stereocenters. The zero-order valence-electron chi connectivity index (χ0n) is 11.7. The Hall–Kier alpha value is -1.96. The third-order valence-corrected chi connectivity index (χ3v) is 3.87. The van der Waals surface area contributed by atoms with Crippen LogP contribution in [-0.2, 0) is 6.54 Å². The molecule has 1 N–H and O–H groups in total.